The van der Waals surface area contributed by atoms with Gasteiger partial charge in [-0.3, -0.25) is 0 Å². The van der Waals surface area contributed by atoms with Crippen LogP contribution in [-0.4, -0.2) is 20.0 Å². The SMILES string of the molecule is COc1cccc(OC)c1C(C)CC(C)=O. The third-order valence-corrected chi connectivity index (χ3v) is 2.55. The van der Waals surface area contributed by atoms with E-state index in [-0.39, 0.29) is 11.7 Å². The molecule has 16 heavy (non-hydrogen) atoms. The second kappa shape index (κ2) is 5.54. The summed E-state index contributed by atoms with van der Waals surface area (Å²) < 4.78 is 10.6. The van der Waals surface area contributed by atoms with Crippen LogP contribution in [-0.2, 0) is 4.79 Å². The van der Waals surface area contributed by atoms with E-state index in [2.05, 4.69) is 0 Å². The Balaban J connectivity index is 3.12. The second-order valence-electron chi connectivity index (χ2n) is 3.88. The van der Waals surface area contributed by atoms with Crippen LogP contribution in [0.5, 0.6) is 11.5 Å². The number of hydrogen-bond donors (Lipinski definition) is 0. The molecule has 0 saturated heterocycles. The number of ketones is 1. The van der Waals surface area contributed by atoms with Crippen LogP contribution in [0.25, 0.3) is 0 Å². The molecule has 0 saturated carbocycles. The molecule has 0 aliphatic heterocycles. The number of Topliss-reactive ketones (excluding diaryl/α,β-unsaturated/α-hetero) is 1. The summed E-state index contributed by atoms with van der Waals surface area (Å²) in [6.07, 6.45) is 0.497. The Bertz CT molecular complexity index is 349. The molecule has 0 heterocycles. The molecule has 0 spiro atoms. The van der Waals surface area contributed by atoms with Crippen molar-refractivity contribution in [1.29, 1.82) is 0 Å². The molecule has 0 aliphatic rings. The molecule has 0 bridgehead atoms. The van der Waals surface area contributed by atoms with Crippen molar-refractivity contribution < 1.29 is 14.3 Å². The number of hydrogen-bond acceptors (Lipinski definition) is 3. The Morgan fingerprint density at radius 3 is 2.12 bits per heavy atom. The molecule has 1 aromatic rings. The summed E-state index contributed by atoms with van der Waals surface area (Å²) in [6, 6.07) is 5.64. The van der Waals surface area contributed by atoms with Crippen molar-refractivity contribution in [2.75, 3.05) is 14.2 Å². The van der Waals surface area contributed by atoms with E-state index in [4.69, 9.17) is 9.47 Å². The standard InChI is InChI=1S/C13H18O3/c1-9(8-10(2)14)13-11(15-3)6-5-7-12(13)16-4/h5-7,9H,8H2,1-4H3. The zero-order valence-electron chi connectivity index (χ0n) is 10.2. The van der Waals surface area contributed by atoms with Crippen LogP contribution in [0.15, 0.2) is 18.2 Å². The summed E-state index contributed by atoms with van der Waals surface area (Å²) in [5.74, 6) is 1.81. The Morgan fingerprint density at radius 1 is 1.25 bits per heavy atom. The maximum absolute atomic E-state index is 11.1. The van der Waals surface area contributed by atoms with Gasteiger partial charge in [0, 0.05) is 12.0 Å². The third-order valence-electron chi connectivity index (χ3n) is 2.55. The molecule has 0 aliphatic carbocycles. The molecular formula is C13H18O3. The molecule has 3 nitrogen and oxygen atoms in total. The van der Waals surface area contributed by atoms with E-state index in [1.54, 1.807) is 21.1 Å². The van der Waals surface area contributed by atoms with E-state index in [9.17, 15) is 4.79 Å². The maximum Gasteiger partial charge on any atom is 0.130 e. The number of rotatable bonds is 5. The Kier molecular flexibility index (Phi) is 4.35. The fraction of sp³-hybridized carbons (Fsp3) is 0.462. The predicted octanol–water partition coefficient (Wildman–Crippen LogP) is 2.79. The molecule has 1 unspecified atom stereocenters. The minimum Gasteiger partial charge on any atom is -0.496 e. The van der Waals surface area contributed by atoms with Crippen LogP contribution in [0.1, 0.15) is 31.7 Å². The van der Waals surface area contributed by atoms with Gasteiger partial charge < -0.3 is 14.3 Å². The minimum absolute atomic E-state index is 0.101. The molecule has 1 rings (SSSR count). The largest absolute Gasteiger partial charge is 0.496 e. The van der Waals surface area contributed by atoms with Crippen molar-refractivity contribution in [3.05, 3.63) is 23.8 Å². The van der Waals surface area contributed by atoms with Crippen LogP contribution >= 0.6 is 0 Å². The van der Waals surface area contributed by atoms with E-state index in [0.717, 1.165) is 17.1 Å². The fourth-order valence-corrected chi connectivity index (χ4v) is 1.90. The van der Waals surface area contributed by atoms with Gasteiger partial charge in [-0.05, 0) is 25.0 Å². The lowest BCUT2D eigenvalue weighted by molar-refractivity contribution is -0.117. The molecule has 0 amide bonds. The van der Waals surface area contributed by atoms with Crippen LogP contribution in [0.4, 0.5) is 0 Å². The van der Waals surface area contributed by atoms with E-state index in [1.165, 1.54) is 0 Å². The molecule has 1 atom stereocenters. The maximum atomic E-state index is 11.1. The first-order chi connectivity index (χ1) is 7.60. The number of carbonyl (C=O) groups is 1. The average Bonchev–Trinajstić information content (AvgIpc) is 2.26. The van der Waals surface area contributed by atoms with Gasteiger partial charge in [-0.1, -0.05) is 13.0 Å². The highest BCUT2D eigenvalue weighted by molar-refractivity contribution is 5.76. The normalized spacial score (nSPS) is 12.0. The molecule has 88 valence electrons. The monoisotopic (exact) mass is 222 g/mol. The second-order valence-corrected chi connectivity index (χ2v) is 3.88. The van der Waals surface area contributed by atoms with Crippen LogP contribution in [0.3, 0.4) is 0 Å². The van der Waals surface area contributed by atoms with Crippen molar-refractivity contribution in [3.63, 3.8) is 0 Å². The Labute approximate surface area is 96.4 Å². The van der Waals surface area contributed by atoms with Crippen LogP contribution in [0.2, 0.25) is 0 Å². The van der Waals surface area contributed by atoms with Crippen molar-refractivity contribution in [1.82, 2.24) is 0 Å². The highest BCUT2D eigenvalue weighted by Gasteiger charge is 2.18. The Morgan fingerprint density at radius 2 is 1.75 bits per heavy atom. The van der Waals surface area contributed by atoms with Crippen molar-refractivity contribution >= 4 is 5.78 Å². The first-order valence-corrected chi connectivity index (χ1v) is 5.30. The first-order valence-electron chi connectivity index (χ1n) is 5.30. The quantitative estimate of drug-likeness (QED) is 0.768. The van der Waals surface area contributed by atoms with Gasteiger partial charge in [0.1, 0.15) is 17.3 Å². The fourth-order valence-electron chi connectivity index (χ4n) is 1.90. The molecular weight excluding hydrogens is 204 g/mol. The van der Waals surface area contributed by atoms with Gasteiger partial charge in [0.05, 0.1) is 14.2 Å². The minimum atomic E-state index is 0.101. The van der Waals surface area contributed by atoms with Crippen molar-refractivity contribution in [2.24, 2.45) is 0 Å². The van der Waals surface area contributed by atoms with Gasteiger partial charge in [-0.25, -0.2) is 0 Å². The van der Waals surface area contributed by atoms with Crippen molar-refractivity contribution in [3.8, 4) is 11.5 Å². The predicted molar refractivity (Wildman–Crippen MR) is 63.3 cm³/mol. The number of methoxy groups -OCH3 is 2. The molecule has 3 heteroatoms. The van der Waals surface area contributed by atoms with Gasteiger partial charge in [0.25, 0.3) is 0 Å². The average molecular weight is 222 g/mol. The zero-order valence-corrected chi connectivity index (χ0v) is 10.2. The molecule has 0 aromatic heterocycles. The third kappa shape index (κ3) is 2.75. The Hall–Kier alpha value is -1.51. The number of benzene rings is 1. The first kappa shape index (κ1) is 12.6. The number of ether oxygens (including phenoxy) is 2. The lowest BCUT2D eigenvalue weighted by Gasteiger charge is -2.17. The summed E-state index contributed by atoms with van der Waals surface area (Å²) in [5.41, 5.74) is 0.961. The number of carbonyl (C=O) groups excluding carboxylic acids is 1. The summed E-state index contributed by atoms with van der Waals surface area (Å²) in [7, 11) is 3.25. The highest BCUT2D eigenvalue weighted by Crippen LogP contribution is 2.36. The summed E-state index contributed by atoms with van der Waals surface area (Å²) in [4.78, 5) is 11.1. The van der Waals surface area contributed by atoms with Gasteiger partial charge in [0.15, 0.2) is 0 Å². The van der Waals surface area contributed by atoms with Gasteiger partial charge in [0.2, 0.25) is 0 Å². The van der Waals surface area contributed by atoms with Gasteiger partial charge >= 0.3 is 0 Å². The van der Waals surface area contributed by atoms with Gasteiger partial charge in [-0.15, -0.1) is 0 Å². The lowest BCUT2D eigenvalue weighted by Crippen LogP contribution is -2.04. The van der Waals surface area contributed by atoms with E-state index < -0.39 is 0 Å². The van der Waals surface area contributed by atoms with Crippen molar-refractivity contribution in [2.45, 2.75) is 26.2 Å². The van der Waals surface area contributed by atoms with Crippen LogP contribution in [0, 0.1) is 0 Å². The smallest absolute Gasteiger partial charge is 0.130 e. The topological polar surface area (TPSA) is 35.5 Å². The molecule has 0 radical (unpaired) electrons. The van der Waals surface area contributed by atoms with Gasteiger partial charge in [-0.2, -0.15) is 0 Å². The summed E-state index contributed by atoms with van der Waals surface area (Å²) in [5, 5.41) is 0. The van der Waals surface area contributed by atoms with E-state index >= 15 is 0 Å². The van der Waals surface area contributed by atoms with E-state index in [0.29, 0.717) is 6.42 Å². The van der Waals surface area contributed by atoms with E-state index in [1.807, 2.05) is 25.1 Å². The molecule has 1 aromatic carbocycles. The summed E-state index contributed by atoms with van der Waals surface area (Å²) >= 11 is 0. The van der Waals surface area contributed by atoms with Crippen LogP contribution < -0.4 is 9.47 Å². The summed E-state index contributed by atoms with van der Waals surface area (Å²) in [6.45, 7) is 3.60. The molecule has 0 fully saturated rings. The lowest BCUT2D eigenvalue weighted by atomic mass is 9.94. The zero-order chi connectivity index (χ0) is 12.1. The highest BCUT2D eigenvalue weighted by atomic mass is 16.5. The molecule has 0 N–H and O–H groups in total.